The van der Waals surface area contributed by atoms with Crippen LogP contribution in [0.15, 0.2) is 24.3 Å². The Kier molecular flexibility index (Phi) is 62.4. The summed E-state index contributed by atoms with van der Waals surface area (Å²) in [4.78, 5) is 35.3. The highest BCUT2D eigenvalue weighted by Gasteiger charge is 2.26. The molecule has 0 bridgehead atoms. The molecule has 2 unspecified atom stereocenters. The fourth-order valence-corrected chi connectivity index (χ4v) is 11.0. The number of carbonyl (C=O) groups is 2. The Hall–Kier alpha value is -1.51. The van der Waals surface area contributed by atoms with E-state index in [1.165, 1.54) is 295 Å². The fourth-order valence-electron chi connectivity index (χ4n) is 10.3. The van der Waals surface area contributed by atoms with Crippen molar-refractivity contribution in [3.8, 4) is 0 Å². The molecule has 0 aromatic rings. The highest BCUT2D eigenvalue weighted by Crippen LogP contribution is 2.43. The third-order valence-electron chi connectivity index (χ3n) is 15.3. The van der Waals surface area contributed by atoms with Crippen LogP contribution < -0.4 is 5.73 Å². The van der Waals surface area contributed by atoms with E-state index in [1.807, 2.05) is 0 Å². The van der Waals surface area contributed by atoms with Crippen molar-refractivity contribution in [3.05, 3.63) is 24.3 Å². The summed E-state index contributed by atoms with van der Waals surface area (Å²) in [5.41, 5.74) is 5.39. The molecule has 0 aromatic heterocycles. The van der Waals surface area contributed by atoms with E-state index in [9.17, 15) is 19.0 Å². The molecule has 0 aliphatic carbocycles. The number of hydrogen-bond acceptors (Lipinski definition) is 8. The van der Waals surface area contributed by atoms with E-state index < -0.39 is 26.5 Å². The van der Waals surface area contributed by atoms with Gasteiger partial charge < -0.3 is 20.1 Å². The van der Waals surface area contributed by atoms with Crippen LogP contribution in [0.4, 0.5) is 0 Å². The van der Waals surface area contributed by atoms with Crippen LogP contribution in [0.2, 0.25) is 0 Å². The van der Waals surface area contributed by atoms with Gasteiger partial charge in [0, 0.05) is 19.4 Å². The second-order valence-electron chi connectivity index (χ2n) is 23.0. The van der Waals surface area contributed by atoms with Gasteiger partial charge >= 0.3 is 19.8 Å². The van der Waals surface area contributed by atoms with Crippen molar-refractivity contribution in [2.24, 2.45) is 5.73 Å². The lowest BCUT2D eigenvalue weighted by molar-refractivity contribution is -0.161. The molecule has 0 spiro atoms. The maximum absolute atomic E-state index is 12.7. The first-order valence-electron chi connectivity index (χ1n) is 33.8. The maximum atomic E-state index is 12.7. The third-order valence-corrected chi connectivity index (χ3v) is 16.3. The lowest BCUT2D eigenvalue weighted by atomic mass is 10.0. The SMILES string of the molecule is CCCCCCCC/C=C\CCCCCCCCCCCC(=O)OCC(COP(=O)(O)OCCN)OC(=O)CCCCCCCCCCCCCCCCCCCCCCCCCCC/C=C\CCCCCCCCCC. The number of nitrogens with two attached hydrogens (primary N) is 1. The lowest BCUT2D eigenvalue weighted by Crippen LogP contribution is -2.29. The molecule has 0 saturated carbocycles. The van der Waals surface area contributed by atoms with Crippen molar-refractivity contribution >= 4 is 19.8 Å². The second-order valence-corrected chi connectivity index (χ2v) is 24.5. The summed E-state index contributed by atoms with van der Waals surface area (Å²) < 4.78 is 33.1. The van der Waals surface area contributed by atoms with Crippen molar-refractivity contribution in [1.29, 1.82) is 0 Å². The van der Waals surface area contributed by atoms with Gasteiger partial charge in [-0.1, -0.05) is 308 Å². The van der Waals surface area contributed by atoms with E-state index in [2.05, 4.69) is 38.2 Å². The first kappa shape index (κ1) is 75.5. The molecule has 0 aliphatic rings. The summed E-state index contributed by atoms with van der Waals surface area (Å²) in [6.07, 6.45) is 77.1. The number of hydrogen-bond donors (Lipinski definition) is 2. The van der Waals surface area contributed by atoms with Gasteiger partial charge in [-0.2, -0.15) is 0 Å². The molecule has 2 atom stereocenters. The number of unbranched alkanes of at least 4 members (excludes halogenated alkanes) is 48. The molecule has 456 valence electrons. The van der Waals surface area contributed by atoms with Gasteiger partial charge in [0.05, 0.1) is 13.2 Å². The first-order valence-corrected chi connectivity index (χ1v) is 35.3. The van der Waals surface area contributed by atoms with E-state index in [1.54, 1.807) is 0 Å². The van der Waals surface area contributed by atoms with Gasteiger partial charge in [0.25, 0.3) is 0 Å². The Morgan fingerprint density at radius 2 is 0.636 bits per heavy atom. The highest BCUT2D eigenvalue weighted by molar-refractivity contribution is 7.47. The van der Waals surface area contributed by atoms with Crippen LogP contribution in [-0.2, 0) is 32.7 Å². The zero-order valence-electron chi connectivity index (χ0n) is 51.2. The van der Waals surface area contributed by atoms with Crippen LogP contribution in [0.1, 0.15) is 361 Å². The molecule has 0 aliphatic heterocycles. The van der Waals surface area contributed by atoms with Gasteiger partial charge in [0.2, 0.25) is 0 Å². The summed E-state index contributed by atoms with van der Waals surface area (Å²) >= 11 is 0. The Labute approximate surface area is 478 Å². The molecular formula is C67H130NO8P. The average molecular weight is 1110 g/mol. The van der Waals surface area contributed by atoms with E-state index in [0.29, 0.717) is 6.42 Å². The number of ether oxygens (including phenoxy) is 2. The van der Waals surface area contributed by atoms with E-state index in [0.717, 1.165) is 32.1 Å². The molecule has 10 heteroatoms. The van der Waals surface area contributed by atoms with Gasteiger partial charge in [-0.25, -0.2) is 4.57 Å². The van der Waals surface area contributed by atoms with E-state index in [4.69, 9.17) is 24.3 Å². The minimum atomic E-state index is -4.39. The smallest absolute Gasteiger partial charge is 0.462 e. The zero-order chi connectivity index (χ0) is 55.9. The summed E-state index contributed by atoms with van der Waals surface area (Å²) in [6.45, 7) is 3.80. The number of rotatable bonds is 65. The second kappa shape index (κ2) is 63.7. The van der Waals surface area contributed by atoms with Crippen molar-refractivity contribution in [2.45, 2.75) is 367 Å². The predicted molar refractivity (Wildman–Crippen MR) is 331 cm³/mol. The lowest BCUT2D eigenvalue weighted by Gasteiger charge is -2.19. The highest BCUT2D eigenvalue weighted by atomic mass is 31.2. The number of esters is 2. The Morgan fingerprint density at radius 1 is 0.377 bits per heavy atom. The third kappa shape index (κ3) is 63.5. The number of phosphoric acid groups is 1. The summed E-state index contributed by atoms with van der Waals surface area (Å²) in [7, 11) is -4.39. The van der Waals surface area contributed by atoms with E-state index in [-0.39, 0.29) is 38.6 Å². The van der Waals surface area contributed by atoms with Crippen LogP contribution in [0, 0.1) is 0 Å². The Bertz CT molecular complexity index is 1310. The van der Waals surface area contributed by atoms with Crippen molar-refractivity contribution < 1.29 is 37.6 Å². The van der Waals surface area contributed by atoms with Crippen LogP contribution >= 0.6 is 7.82 Å². The van der Waals surface area contributed by atoms with Gasteiger partial charge in [-0.05, 0) is 64.2 Å². The first-order chi connectivity index (χ1) is 37.8. The number of phosphoric ester groups is 1. The molecular weight excluding hydrogens is 978 g/mol. The standard InChI is InChI=1S/C67H130NO8P/c1-3-5-7-9-11-13-15-17-19-21-23-24-25-26-27-28-29-30-31-32-33-34-35-36-37-38-39-40-42-44-46-48-50-52-54-56-58-60-67(70)76-65(64-75-77(71,72)74-62-61-68)63-73-66(69)59-57-55-53-51-49-47-45-43-41-22-20-18-16-14-12-10-8-6-4-2/h18,20-21,23,65H,3-17,19,22,24-64,68H2,1-2H3,(H,71,72)/b20-18-,23-21-. The van der Waals surface area contributed by atoms with Gasteiger partial charge in [-0.3, -0.25) is 18.6 Å². The Morgan fingerprint density at radius 3 is 0.922 bits per heavy atom. The molecule has 0 saturated heterocycles. The summed E-state index contributed by atoms with van der Waals surface area (Å²) in [5, 5.41) is 0. The fraction of sp³-hybridized carbons (Fsp3) is 0.910. The Balaban J connectivity index is 3.77. The summed E-state index contributed by atoms with van der Waals surface area (Å²) in [5.74, 6) is -0.810. The largest absolute Gasteiger partial charge is 0.472 e. The topological polar surface area (TPSA) is 134 Å². The molecule has 0 amide bonds. The van der Waals surface area contributed by atoms with Crippen LogP contribution in [-0.4, -0.2) is 49.3 Å². The minimum Gasteiger partial charge on any atom is -0.462 e. The van der Waals surface area contributed by atoms with Gasteiger partial charge in [0.15, 0.2) is 6.10 Å². The predicted octanol–water partition coefficient (Wildman–Crippen LogP) is 21.8. The van der Waals surface area contributed by atoms with Crippen LogP contribution in [0.3, 0.4) is 0 Å². The van der Waals surface area contributed by atoms with Gasteiger partial charge in [0.1, 0.15) is 6.61 Å². The molecule has 0 radical (unpaired) electrons. The normalized spacial score (nSPS) is 13.0. The quantitative estimate of drug-likeness (QED) is 0.0264. The molecule has 9 nitrogen and oxygen atoms in total. The molecule has 77 heavy (non-hydrogen) atoms. The maximum Gasteiger partial charge on any atom is 0.472 e. The monoisotopic (exact) mass is 1110 g/mol. The molecule has 0 aromatic carbocycles. The minimum absolute atomic E-state index is 0.0560. The molecule has 3 N–H and O–H groups in total. The molecule has 0 fully saturated rings. The molecule has 0 rings (SSSR count). The average Bonchev–Trinajstić information content (AvgIpc) is 3.42. The number of allylic oxidation sites excluding steroid dienone is 4. The van der Waals surface area contributed by atoms with Crippen LogP contribution in [0.25, 0.3) is 0 Å². The van der Waals surface area contributed by atoms with Crippen LogP contribution in [0.5, 0.6) is 0 Å². The van der Waals surface area contributed by atoms with Crippen molar-refractivity contribution in [2.75, 3.05) is 26.4 Å². The van der Waals surface area contributed by atoms with E-state index >= 15 is 0 Å². The molecule has 0 heterocycles. The van der Waals surface area contributed by atoms with Crippen molar-refractivity contribution in [3.63, 3.8) is 0 Å². The van der Waals surface area contributed by atoms with Crippen molar-refractivity contribution in [1.82, 2.24) is 0 Å². The zero-order valence-corrected chi connectivity index (χ0v) is 52.1. The number of carbonyl (C=O) groups excluding carboxylic acids is 2. The van der Waals surface area contributed by atoms with Gasteiger partial charge in [-0.15, -0.1) is 0 Å². The summed E-state index contributed by atoms with van der Waals surface area (Å²) in [6, 6.07) is 0.